The zero-order chi connectivity index (χ0) is 22.6. The second kappa shape index (κ2) is 12.2. The Morgan fingerprint density at radius 3 is 2.48 bits per heavy atom. The Morgan fingerprint density at radius 2 is 1.87 bits per heavy atom. The minimum absolute atomic E-state index is 0.203. The number of hydrogen-bond donors (Lipinski definition) is 3. The van der Waals surface area contributed by atoms with E-state index in [1.165, 1.54) is 19.8 Å². The highest BCUT2D eigenvalue weighted by atomic mass is 16.5. The third-order valence-electron chi connectivity index (χ3n) is 4.85. The number of aryl methyl sites for hydroxylation is 1. The molecule has 1 amide bonds. The average Bonchev–Trinajstić information content (AvgIpc) is 2.76. The highest BCUT2D eigenvalue weighted by molar-refractivity contribution is 5.79. The van der Waals surface area contributed by atoms with Crippen LogP contribution in [0.25, 0.3) is 0 Å². The first-order valence-electron chi connectivity index (χ1n) is 10.0. The molecule has 0 saturated heterocycles. The minimum Gasteiger partial charge on any atom is -0.497 e. The average molecular weight is 428 g/mol. The van der Waals surface area contributed by atoms with Gasteiger partial charge in [0.25, 0.3) is 0 Å². The lowest BCUT2D eigenvalue weighted by molar-refractivity contribution is -0.137. The first-order valence-corrected chi connectivity index (χ1v) is 10.0. The summed E-state index contributed by atoms with van der Waals surface area (Å²) in [4.78, 5) is 23.9. The number of hydrogen-bond acceptors (Lipinski definition) is 6. The number of carbonyl (C=O) groups is 2. The highest BCUT2D eigenvalue weighted by Gasteiger charge is 2.22. The van der Waals surface area contributed by atoms with Crippen molar-refractivity contribution in [3.8, 4) is 11.5 Å². The minimum atomic E-state index is -1.02. The summed E-state index contributed by atoms with van der Waals surface area (Å²) in [5, 5.41) is 15.6. The maximum Gasteiger partial charge on any atom is 0.305 e. The number of carboxylic acid groups (broad SMARTS) is 1. The van der Waals surface area contributed by atoms with Gasteiger partial charge in [0.05, 0.1) is 32.9 Å². The van der Waals surface area contributed by atoms with Crippen LogP contribution in [0.15, 0.2) is 47.6 Å². The van der Waals surface area contributed by atoms with Gasteiger partial charge in [0, 0.05) is 12.0 Å². The molecular weight excluding hydrogens is 398 g/mol. The number of hydrazone groups is 1. The number of aliphatic carboxylic acids is 1. The van der Waals surface area contributed by atoms with Crippen molar-refractivity contribution in [3.05, 3.63) is 59.2 Å². The van der Waals surface area contributed by atoms with Crippen LogP contribution in [-0.2, 0) is 16.0 Å². The van der Waals surface area contributed by atoms with E-state index in [2.05, 4.69) is 10.4 Å². The van der Waals surface area contributed by atoms with Crippen molar-refractivity contribution in [2.75, 3.05) is 14.2 Å². The molecule has 0 spiro atoms. The summed E-state index contributed by atoms with van der Waals surface area (Å²) in [5.41, 5.74) is 2.67. The van der Waals surface area contributed by atoms with Crippen LogP contribution in [0.5, 0.6) is 11.5 Å². The van der Waals surface area contributed by atoms with Gasteiger partial charge in [-0.3, -0.25) is 9.59 Å². The van der Waals surface area contributed by atoms with Gasteiger partial charge in [-0.1, -0.05) is 24.3 Å². The van der Waals surface area contributed by atoms with E-state index in [1.807, 2.05) is 24.3 Å². The predicted molar refractivity (Wildman–Crippen MR) is 118 cm³/mol. The molecule has 166 valence electrons. The van der Waals surface area contributed by atoms with E-state index in [1.54, 1.807) is 24.4 Å². The number of benzene rings is 2. The topological polar surface area (TPSA) is 123 Å². The van der Waals surface area contributed by atoms with Gasteiger partial charge in [-0.15, -0.1) is 0 Å². The number of nitrogens with zero attached hydrogens (tertiary/aromatic N) is 1. The second-order valence-corrected chi connectivity index (χ2v) is 7.05. The molecule has 4 N–H and O–H groups in total. The number of carboxylic acids is 1. The Bertz CT molecular complexity index is 897. The fourth-order valence-corrected chi connectivity index (χ4v) is 3.26. The fourth-order valence-electron chi connectivity index (χ4n) is 3.26. The predicted octanol–water partition coefficient (Wildman–Crippen LogP) is 3.04. The van der Waals surface area contributed by atoms with E-state index in [4.69, 9.17) is 15.3 Å². The maximum absolute atomic E-state index is 12.5. The molecule has 0 aliphatic heterocycles. The first kappa shape index (κ1) is 23.7. The van der Waals surface area contributed by atoms with Gasteiger partial charge in [0.1, 0.15) is 11.5 Å². The van der Waals surface area contributed by atoms with Crippen LogP contribution in [-0.4, -0.2) is 37.4 Å². The number of methoxy groups -OCH3 is 2. The molecule has 31 heavy (non-hydrogen) atoms. The molecular formula is C23H29N3O5. The molecule has 0 aromatic heterocycles. The molecule has 0 aliphatic carbocycles. The van der Waals surface area contributed by atoms with E-state index < -0.39 is 12.0 Å². The van der Waals surface area contributed by atoms with Crippen LogP contribution >= 0.6 is 0 Å². The van der Waals surface area contributed by atoms with Crippen molar-refractivity contribution in [1.29, 1.82) is 0 Å². The monoisotopic (exact) mass is 427 g/mol. The second-order valence-electron chi connectivity index (χ2n) is 7.05. The van der Waals surface area contributed by atoms with Crippen LogP contribution in [0.4, 0.5) is 0 Å². The molecule has 1 unspecified atom stereocenters. The van der Waals surface area contributed by atoms with Crippen molar-refractivity contribution in [1.82, 2.24) is 5.32 Å². The Morgan fingerprint density at radius 1 is 1.13 bits per heavy atom. The Balaban J connectivity index is 1.93. The number of carbonyl (C=O) groups excluding carboxylic acids is 1. The standard InChI is InChI=1S/C23H29N3O5/c1-30-18-11-12-21(31-2)19(13-18)20(14-23(28)29)26-22(27)6-4-3-5-16-7-9-17(10-8-16)15-25-24/h7-13,15,20H,3-6,14,24H2,1-2H3,(H,26,27)(H,28,29). The van der Waals surface area contributed by atoms with Crippen LogP contribution in [0.2, 0.25) is 0 Å². The van der Waals surface area contributed by atoms with Gasteiger partial charge in [-0.2, -0.15) is 5.10 Å². The molecule has 2 aromatic carbocycles. The van der Waals surface area contributed by atoms with Crippen molar-refractivity contribution in [2.45, 2.75) is 38.1 Å². The maximum atomic E-state index is 12.5. The summed E-state index contributed by atoms with van der Waals surface area (Å²) in [6.07, 6.45) is 4.00. The summed E-state index contributed by atoms with van der Waals surface area (Å²) in [6.45, 7) is 0. The van der Waals surface area contributed by atoms with Crippen molar-refractivity contribution in [3.63, 3.8) is 0 Å². The van der Waals surface area contributed by atoms with Gasteiger partial charge in [0.15, 0.2) is 0 Å². The Kier molecular flexibility index (Phi) is 9.35. The van der Waals surface area contributed by atoms with Crippen molar-refractivity contribution in [2.24, 2.45) is 10.9 Å². The van der Waals surface area contributed by atoms with Gasteiger partial charge in [-0.05, 0) is 48.6 Å². The van der Waals surface area contributed by atoms with E-state index in [0.717, 1.165) is 18.4 Å². The van der Waals surface area contributed by atoms with E-state index in [9.17, 15) is 14.7 Å². The zero-order valence-electron chi connectivity index (χ0n) is 17.8. The van der Waals surface area contributed by atoms with Gasteiger partial charge >= 0.3 is 5.97 Å². The van der Waals surface area contributed by atoms with Crippen LogP contribution < -0.4 is 20.6 Å². The Hall–Kier alpha value is -3.55. The summed E-state index contributed by atoms with van der Waals surface area (Å²) in [7, 11) is 3.02. The van der Waals surface area contributed by atoms with E-state index >= 15 is 0 Å². The lowest BCUT2D eigenvalue weighted by Gasteiger charge is -2.20. The first-order chi connectivity index (χ1) is 15.0. The van der Waals surface area contributed by atoms with Gasteiger partial charge < -0.3 is 25.7 Å². The van der Waals surface area contributed by atoms with Crippen LogP contribution in [0.3, 0.4) is 0 Å². The number of unbranched alkanes of at least 4 members (excludes halogenated alkanes) is 1. The van der Waals surface area contributed by atoms with Crippen LogP contribution in [0, 0.1) is 0 Å². The summed E-state index contributed by atoms with van der Waals surface area (Å²) < 4.78 is 10.6. The molecule has 0 saturated carbocycles. The number of ether oxygens (including phenoxy) is 2. The molecule has 0 heterocycles. The quantitative estimate of drug-likeness (QED) is 0.207. The number of amides is 1. The summed E-state index contributed by atoms with van der Waals surface area (Å²) in [5.74, 6) is 4.98. The lowest BCUT2D eigenvalue weighted by atomic mass is 10.0. The van der Waals surface area contributed by atoms with E-state index in [-0.39, 0.29) is 12.3 Å². The number of rotatable bonds is 12. The third-order valence-corrected chi connectivity index (χ3v) is 4.85. The number of nitrogens with one attached hydrogen (secondary N) is 1. The van der Waals surface area contributed by atoms with Crippen LogP contribution in [0.1, 0.15) is 48.4 Å². The van der Waals surface area contributed by atoms with Gasteiger partial charge in [0.2, 0.25) is 5.91 Å². The zero-order valence-corrected chi connectivity index (χ0v) is 17.8. The lowest BCUT2D eigenvalue weighted by Crippen LogP contribution is -2.30. The fraction of sp³-hybridized carbons (Fsp3) is 0.348. The van der Waals surface area contributed by atoms with Crippen molar-refractivity contribution < 1.29 is 24.2 Å². The Labute approximate surface area is 182 Å². The number of nitrogens with two attached hydrogens (primary N) is 1. The molecule has 0 radical (unpaired) electrons. The summed E-state index contributed by atoms with van der Waals surface area (Å²) in [6, 6.07) is 12.3. The van der Waals surface area contributed by atoms with Gasteiger partial charge in [-0.25, -0.2) is 0 Å². The molecule has 2 aromatic rings. The molecule has 8 heteroatoms. The normalized spacial score (nSPS) is 11.8. The molecule has 0 fully saturated rings. The van der Waals surface area contributed by atoms with E-state index in [0.29, 0.717) is 29.9 Å². The third kappa shape index (κ3) is 7.65. The largest absolute Gasteiger partial charge is 0.497 e. The molecule has 2 rings (SSSR count). The molecule has 0 aliphatic rings. The smallest absolute Gasteiger partial charge is 0.305 e. The molecule has 0 bridgehead atoms. The molecule has 8 nitrogen and oxygen atoms in total. The van der Waals surface area contributed by atoms with Crippen molar-refractivity contribution >= 4 is 18.1 Å². The summed E-state index contributed by atoms with van der Waals surface area (Å²) >= 11 is 0. The highest BCUT2D eigenvalue weighted by Crippen LogP contribution is 2.31. The molecule has 1 atom stereocenters. The SMILES string of the molecule is COc1ccc(OC)c(C(CC(=O)O)NC(=O)CCCCc2ccc(C=NN)cc2)c1.